The smallest absolute Gasteiger partial charge is 0.318 e. The zero-order chi connectivity index (χ0) is 21.6. The van der Waals surface area contributed by atoms with Gasteiger partial charge in [0.15, 0.2) is 0 Å². The first-order valence-corrected chi connectivity index (χ1v) is 11.4. The number of likely N-dealkylation sites (tertiary alicyclic amines) is 1. The normalized spacial score (nSPS) is 22.9. The van der Waals surface area contributed by atoms with E-state index in [-0.39, 0.29) is 23.9 Å². The van der Waals surface area contributed by atoms with E-state index in [1.807, 2.05) is 30.3 Å². The molecule has 31 heavy (non-hydrogen) atoms. The molecule has 1 aromatic carbocycles. The first-order chi connectivity index (χ1) is 15.1. The third-order valence-corrected chi connectivity index (χ3v) is 6.49. The molecule has 1 aliphatic carbocycles. The van der Waals surface area contributed by atoms with Crippen LogP contribution < -0.4 is 10.6 Å². The molecule has 8 heteroatoms. The number of morpholine rings is 1. The number of carbonyl (C=O) groups excluding carboxylic acids is 3. The van der Waals surface area contributed by atoms with E-state index in [2.05, 4.69) is 10.6 Å². The Kier molecular flexibility index (Phi) is 7.06. The summed E-state index contributed by atoms with van der Waals surface area (Å²) in [5.41, 5.74) is 0.718. The average molecular weight is 429 g/mol. The van der Waals surface area contributed by atoms with Crippen molar-refractivity contribution >= 4 is 17.8 Å². The van der Waals surface area contributed by atoms with Gasteiger partial charge in [0.2, 0.25) is 5.91 Å². The molecule has 1 aromatic rings. The Labute approximate surface area is 183 Å². The van der Waals surface area contributed by atoms with Crippen LogP contribution in [0.25, 0.3) is 0 Å². The number of amides is 4. The minimum atomic E-state index is -0.823. The van der Waals surface area contributed by atoms with Crippen LogP contribution in [0, 0.1) is 0 Å². The molecule has 168 valence electrons. The molecule has 0 radical (unpaired) electrons. The van der Waals surface area contributed by atoms with Gasteiger partial charge >= 0.3 is 6.03 Å². The van der Waals surface area contributed by atoms with E-state index in [4.69, 9.17) is 4.74 Å². The molecule has 0 unspecified atom stereocenters. The van der Waals surface area contributed by atoms with Gasteiger partial charge in [0.25, 0.3) is 5.91 Å². The fraction of sp³-hybridized carbons (Fsp3) is 0.609. The van der Waals surface area contributed by atoms with Gasteiger partial charge in [-0.3, -0.25) is 9.59 Å². The lowest BCUT2D eigenvalue weighted by Gasteiger charge is -2.32. The molecule has 8 nitrogen and oxygen atoms in total. The molecule has 1 saturated carbocycles. The van der Waals surface area contributed by atoms with Crippen molar-refractivity contribution in [2.45, 2.75) is 56.7 Å². The molecule has 2 N–H and O–H groups in total. The number of benzene rings is 1. The maximum Gasteiger partial charge on any atom is 0.318 e. The second-order valence-corrected chi connectivity index (χ2v) is 8.57. The Morgan fingerprint density at radius 3 is 2.35 bits per heavy atom. The Morgan fingerprint density at radius 1 is 0.935 bits per heavy atom. The standard InChI is InChI=1S/C23H32N4O4/c28-21(24-18-9-4-5-10-18)19-11-6-12-27(19)22(29)20(17-7-2-1-3-8-17)25-23(30)26-13-15-31-16-14-26/h1-3,7-8,18-20H,4-6,9-16H2,(H,24,28)(H,25,30)/t19-,20-/m0/s1. The topological polar surface area (TPSA) is 91.0 Å². The van der Waals surface area contributed by atoms with Crippen LogP contribution in [0.15, 0.2) is 30.3 Å². The number of ether oxygens (including phenoxy) is 1. The highest BCUT2D eigenvalue weighted by molar-refractivity contribution is 5.93. The van der Waals surface area contributed by atoms with Crippen LogP contribution in [0.4, 0.5) is 4.79 Å². The Bertz CT molecular complexity index is 775. The van der Waals surface area contributed by atoms with Crippen LogP contribution in [-0.2, 0) is 14.3 Å². The lowest BCUT2D eigenvalue weighted by Crippen LogP contribution is -2.53. The molecular formula is C23H32N4O4. The summed E-state index contributed by atoms with van der Waals surface area (Å²) in [5, 5.41) is 6.06. The van der Waals surface area contributed by atoms with Gasteiger partial charge in [-0.05, 0) is 31.2 Å². The molecule has 2 aliphatic heterocycles. The molecule has 4 amide bonds. The van der Waals surface area contributed by atoms with Crippen molar-refractivity contribution in [3.63, 3.8) is 0 Å². The van der Waals surface area contributed by atoms with E-state index < -0.39 is 12.1 Å². The van der Waals surface area contributed by atoms with E-state index >= 15 is 0 Å². The summed E-state index contributed by atoms with van der Waals surface area (Å²) in [5.74, 6) is -0.291. The van der Waals surface area contributed by atoms with Crippen LogP contribution in [-0.4, -0.2) is 72.6 Å². The van der Waals surface area contributed by atoms with E-state index in [1.54, 1.807) is 9.80 Å². The van der Waals surface area contributed by atoms with Crippen molar-refractivity contribution < 1.29 is 19.1 Å². The SMILES string of the molecule is O=C(NC1CCCC1)[C@@H]1CCCN1C(=O)[C@@H](NC(=O)N1CCOCC1)c1ccccc1. The highest BCUT2D eigenvalue weighted by atomic mass is 16.5. The highest BCUT2D eigenvalue weighted by Gasteiger charge is 2.39. The van der Waals surface area contributed by atoms with Gasteiger partial charge in [0.05, 0.1) is 13.2 Å². The number of hydrogen-bond donors (Lipinski definition) is 2. The molecule has 3 aliphatic rings. The van der Waals surface area contributed by atoms with Crippen LogP contribution in [0.2, 0.25) is 0 Å². The summed E-state index contributed by atoms with van der Waals surface area (Å²) in [4.78, 5) is 42.7. The summed E-state index contributed by atoms with van der Waals surface area (Å²) < 4.78 is 5.32. The first-order valence-electron chi connectivity index (χ1n) is 11.4. The van der Waals surface area contributed by atoms with Gasteiger partial charge in [0, 0.05) is 25.7 Å². The number of hydrogen-bond acceptors (Lipinski definition) is 4. The molecule has 0 bridgehead atoms. The van der Waals surface area contributed by atoms with Gasteiger partial charge in [-0.1, -0.05) is 43.2 Å². The van der Waals surface area contributed by atoms with Crippen LogP contribution in [0.5, 0.6) is 0 Å². The quantitative estimate of drug-likeness (QED) is 0.749. The van der Waals surface area contributed by atoms with Crippen molar-refractivity contribution in [1.29, 1.82) is 0 Å². The van der Waals surface area contributed by atoms with Crippen molar-refractivity contribution in [2.24, 2.45) is 0 Å². The molecule has 2 heterocycles. The van der Waals surface area contributed by atoms with Gasteiger partial charge < -0.3 is 25.2 Å². The number of carbonyl (C=O) groups is 3. The minimum absolute atomic E-state index is 0.0657. The van der Waals surface area contributed by atoms with Crippen LogP contribution in [0.1, 0.15) is 50.1 Å². The molecule has 3 fully saturated rings. The number of rotatable bonds is 5. The Balaban J connectivity index is 1.49. The predicted molar refractivity (Wildman–Crippen MR) is 115 cm³/mol. The zero-order valence-electron chi connectivity index (χ0n) is 17.9. The zero-order valence-corrected chi connectivity index (χ0v) is 17.9. The van der Waals surface area contributed by atoms with Gasteiger partial charge in [0.1, 0.15) is 12.1 Å². The van der Waals surface area contributed by atoms with E-state index in [0.717, 1.165) is 37.7 Å². The molecule has 2 saturated heterocycles. The lowest BCUT2D eigenvalue weighted by molar-refractivity contribution is -0.140. The van der Waals surface area contributed by atoms with E-state index in [1.165, 1.54) is 0 Å². The Morgan fingerprint density at radius 2 is 1.65 bits per heavy atom. The summed E-state index contributed by atoms with van der Waals surface area (Å²) in [6.45, 7) is 2.51. The molecular weight excluding hydrogens is 396 g/mol. The number of nitrogens with zero attached hydrogens (tertiary/aromatic N) is 2. The van der Waals surface area contributed by atoms with Gasteiger partial charge in [-0.15, -0.1) is 0 Å². The molecule has 2 atom stereocenters. The van der Waals surface area contributed by atoms with Crippen molar-refractivity contribution in [3.05, 3.63) is 35.9 Å². The van der Waals surface area contributed by atoms with Gasteiger partial charge in [-0.25, -0.2) is 4.79 Å². The summed E-state index contributed by atoms with van der Waals surface area (Å²) in [6.07, 6.45) is 5.74. The number of urea groups is 1. The van der Waals surface area contributed by atoms with Crippen LogP contribution >= 0.6 is 0 Å². The van der Waals surface area contributed by atoms with Crippen LogP contribution in [0.3, 0.4) is 0 Å². The lowest BCUT2D eigenvalue weighted by atomic mass is 10.0. The molecule has 0 aromatic heterocycles. The number of nitrogens with one attached hydrogen (secondary N) is 2. The third-order valence-electron chi connectivity index (χ3n) is 6.49. The average Bonchev–Trinajstić information content (AvgIpc) is 3.50. The first kappa shape index (κ1) is 21.6. The minimum Gasteiger partial charge on any atom is -0.378 e. The second-order valence-electron chi connectivity index (χ2n) is 8.57. The fourth-order valence-corrected chi connectivity index (χ4v) is 4.75. The largest absolute Gasteiger partial charge is 0.378 e. The molecule has 4 rings (SSSR count). The van der Waals surface area contributed by atoms with Crippen molar-refractivity contribution in [1.82, 2.24) is 20.4 Å². The van der Waals surface area contributed by atoms with Crippen molar-refractivity contribution in [3.8, 4) is 0 Å². The van der Waals surface area contributed by atoms with Gasteiger partial charge in [-0.2, -0.15) is 0 Å². The predicted octanol–water partition coefficient (Wildman–Crippen LogP) is 1.82. The Hall–Kier alpha value is -2.61. The monoisotopic (exact) mass is 428 g/mol. The highest BCUT2D eigenvalue weighted by Crippen LogP contribution is 2.25. The maximum absolute atomic E-state index is 13.6. The summed E-state index contributed by atoms with van der Waals surface area (Å²) >= 11 is 0. The second kappa shape index (κ2) is 10.1. The maximum atomic E-state index is 13.6. The molecule has 0 spiro atoms. The fourth-order valence-electron chi connectivity index (χ4n) is 4.75. The summed E-state index contributed by atoms with van der Waals surface area (Å²) in [7, 11) is 0. The van der Waals surface area contributed by atoms with E-state index in [9.17, 15) is 14.4 Å². The third kappa shape index (κ3) is 5.18. The summed E-state index contributed by atoms with van der Waals surface area (Å²) in [6, 6.07) is 7.90. The van der Waals surface area contributed by atoms with E-state index in [0.29, 0.717) is 39.3 Å². The van der Waals surface area contributed by atoms with Crippen molar-refractivity contribution in [2.75, 3.05) is 32.8 Å².